The zero-order valence-electron chi connectivity index (χ0n) is 11.0. The van der Waals surface area contributed by atoms with E-state index in [1.54, 1.807) is 18.4 Å². The smallest absolute Gasteiger partial charge is 0.258 e. The van der Waals surface area contributed by atoms with Crippen LogP contribution in [0.5, 0.6) is 0 Å². The standard InChI is InChI=1S/C15H12Cl2N2O2/c16-9-15(20)19-13(14-5-2-6-21-14)8-12(18-19)10-3-1-4-11(17)7-10/h1-7,13H,8-9H2. The van der Waals surface area contributed by atoms with E-state index in [4.69, 9.17) is 27.6 Å². The lowest BCUT2D eigenvalue weighted by Gasteiger charge is -2.18. The van der Waals surface area contributed by atoms with Crippen LogP contribution < -0.4 is 0 Å². The molecule has 0 saturated heterocycles. The average Bonchev–Trinajstić information content (AvgIpc) is 3.15. The van der Waals surface area contributed by atoms with Crippen molar-refractivity contribution >= 4 is 34.8 Å². The van der Waals surface area contributed by atoms with Crippen LogP contribution >= 0.6 is 23.2 Å². The monoisotopic (exact) mass is 322 g/mol. The second kappa shape index (κ2) is 5.92. The van der Waals surface area contributed by atoms with Crippen molar-refractivity contribution in [2.24, 2.45) is 5.10 Å². The summed E-state index contributed by atoms with van der Waals surface area (Å²) in [6, 6.07) is 10.7. The Kier molecular flexibility index (Phi) is 3.99. The third kappa shape index (κ3) is 2.82. The van der Waals surface area contributed by atoms with E-state index in [0.717, 1.165) is 11.3 Å². The molecule has 21 heavy (non-hydrogen) atoms. The number of amides is 1. The first-order chi connectivity index (χ1) is 10.2. The molecular weight excluding hydrogens is 311 g/mol. The Bertz CT molecular complexity index is 683. The van der Waals surface area contributed by atoms with E-state index < -0.39 is 0 Å². The van der Waals surface area contributed by atoms with Crippen LogP contribution in [0.1, 0.15) is 23.8 Å². The summed E-state index contributed by atoms with van der Waals surface area (Å²) in [4.78, 5) is 12.0. The van der Waals surface area contributed by atoms with E-state index in [0.29, 0.717) is 17.2 Å². The highest BCUT2D eigenvalue weighted by atomic mass is 35.5. The fraction of sp³-hybridized carbons (Fsp3) is 0.200. The van der Waals surface area contributed by atoms with Crippen molar-refractivity contribution in [3.63, 3.8) is 0 Å². The fourth-order valence-electron chi connectivity index (χ4n) is 2.35. The van der Waals surface area contributed by atoms with Gasteiger partial charge in [0.05, 0.1) is 12.0 Å². The minimum absolute atomic E-state index is 0.121. The Morgan fingerprint density at radius 3 is 2.90 bits per heavy atom. The number of furan rings is 1. The number of alkyl halides is 1. The van der Waals surface area contributed by atoms with E-state index in [-0.39, 0.29) is 17.8 Å². The van der Waals surface area contributed by atoms with Crippen LogP contribution in [0.15, 0.2) is 52.2 Å². The van der Waals surface area contributed by atoms with Crippen molar-refractivity contribution in [1.29, 1.82) is 0 Å². The lowest BCUT2D eigenvalue weighted by molar-refractivity contribution is -0.130. The van der Waals surface area contributed by atoms with Gasteiger partial charge < -0.3 is 4.42 Å². The van der Waals surface area contributed by atoms with E-state index in [1.165, 1.54) is 5.01 Å². The summed E-state index contributed by atoms with van der Waals surface area (Å²) >= 11 is 11.7. The number of carbonyl (C=O) groups is 1. The first-order valence-corrected chi connectivity index (χ1v) is 7.35. The molecule has 0 N–H and O–H groups in total. The molecule has 1 amide bonds. The molecule has 1 atom stereocenters. The van der Waals surface area contributed by atoms with Crippen LogP contribution in [-0.4, -0.2) is 22.5 Å². The second-order valence-corrected chi connectivity index (χ2v) is 5.37. The number of hydrogen-bond donors (Lipinski definition) is 0. The van der Waals surface area contributed by atoms with Crippen LogP contribution in [0.3, 0.4) is 0 Å². The van der Waals surface area contributed by atoms with Gasteiger partial charge in [0.2, 0.25) is 0 Å². The molecule has 0 saturated carbocycles. The summed E-state index contributed by atoms with van der Waals surface area (Å²) in [5.74, 6) is 0.313. The summed E-state index contributed by atoms with van der Waals surface area (Å²) in [6.07, 6.45) is 2.15. The molecule has 108 valence electrons. The van der Waals surface area contributed by atoms with E-state index in [9.17, 15) is 4.79 Å². The third-order valence-corrected chi connectivity index (χ3v) is 3.77. The molecule has 1 aliphatic heterocycles. The van der Waals surface area contributed by atoms with Gasteiger partial charge in [-0.05, 0) is 29.8 Å². The van der Waals surface area contributed by atoms with Gasteiger partial charge in [0.25, 0.3) is 5.91 Å². The van der Waals surface area contributed by atoms with Crippen molar-refractivity contribution in [1.82, 2.24) is 5.01 Å². The molecule has 4 nitrogen and oxygen atoms in total. The first kappa shape index (κ1) is 14.2. The number of halogens is 2. The van der Waals surface area contributed by atoms with Crippen LogP contribution in [0.25, 0.3) is 0 Å². The summed E-state index contributed by atoms with van der Waals surface area (Å²) in [6.45, 7) is 0. The Morgan fingerprint density at radius 2 is 2.24 bits per heavy atom. The summed E-state index contributed by atoms with van der Waals surface area (Å²) < 4.78 is 5.41. The number of rotatable bonds is 3. The van der Waals surface area contributed by atoms with E-state index in [1.807, 2.05) is 24.3 Å². The van der Waals surface area contributed by atoms with Crippen LogP contribution in [0.2, 0.25) is 5.02 Å². The largest absolute Gasteiger partial charge is 0.467 e. The predicted molar refractivity (Wildman–Crippen MR) is 81.6 cm³/mol. The molecule has 0 radical (unpaired) electrons. The van der Waals surface area contributed by atoms with Crippen LogP contribution in [0.4, 0.5) is 0 Å². The van der Waals surface area contributed by atoms with E-state index in [2.05, 4.69) is 5.10 Å². The zero-order chi connectivity index (χ0) is 14.8. The Balaban J connectivity index is 1.95. The van der Waals surface area contributed by atoms with Gasteiger partial charge in [-0.2, -0.15) is 5.10 Å². The maximum Gasteiger partial charge on any atom is 0.258 e. The Labute approximate surface area is 131 Å². The van der Waals surface area contributed by atoms with E-state index >= 15 is 0 Å². The zero-order valence-corrected chi connectivity index (χ0v) is 12.5. The number of hydrogen-bond acceptors (Lipinski definition) is 3. The molecule has 0 fully saturated rings. The quantitative estimate of drug-likeness (QED) is 0.806. The SMILES string of the molecule is O=C(CCl)N1N=C(c2cccc(Cl)c2)CC1c1ccco1. The molecule has 2 aromatic rings. The maximum absolute atomic E-state index is 12.0. The minimum Gasteiger partial charge on any atom is -0.467 e. The maximum atomic E-state index is 12.0. The van der Waals surface area contributed by atoms with Gasteiger partial charge in [-0.3, -0.25) is 4.79 Å². The molecule has 6 heteroatoms. The van der Waals surface area contributed by atoms with Gasteiger partial charge in [-0.25, -0.2) is 5.01 Å². The molecule has 1 aliphatic rings. The highest BCUT2D eigenvalue weighted by Gasteiger charge is 2.34. The van der Waals surface area contributed by atoms with Crippen molar-refractivity contribution in [2.75, 3.05) is 5.88 Å². The molecule has 2 heterocycles. The molecule has 0 bridgehead atoms. The molecule has 1 aromatic carbocycles. The molecule has 1 unspecified atom stereocenters. The Morgan fingerprint density at radius 1 is 1.38 bits per heavy atom. The van der Waals surface area contributed by atoms with Crippen LogP contribution in [-0.2, 0) is 4.79 Å². The van der Waals surface area contributed by atoms with Gasteiger partial charge in [0.1, 0.15) is 17.7 Å². The number of nitrogens with zero attached hydrogens (tertiary/aromatic N) is 2. The highest BCUT2D eigenvalue weighted by Crippen LogP contribution is 2.33. The Hall–Kier alpha value is -1.78. The van der Waals surface area contributed by atoms with Crippen molar-refractivity contribution in [3.8, 4) is 0 Å². The first-order valence-electron chi connectivity index (χ1n) is 6.44. The molecule has 0 spiro atoms. The minimum atomic E-state index is -0.264. The number of hydrazone groups is 1. The average molecular weight is 323 g/mol. The predicted octanol–water partition coefficient (Wildman–Crippen LogP) is 3.85. The summed E-state index contributed by atoms with van der Waals surface area (Å²) in [5, 5.41) is 6.43. The van der Waals surface area contributed by atoms with Crippen molar-refractivity contribution in [3.05, 3.63) is 59.0 Å². The number of carbonyl (C=O) groups excluding carboxylic acids is 1. The molecule has 0 aliphatic carbocycles. The van der Waals surface area contributed by atoms with Crippen LogP contribution in [0, 0.1) is 0 Å². The second-order valence-electron chi connectivity index (χ2n) is 4.66. The van der Waals surface area contributed by atoms with Gasteiger partial charge in [0, 0.05) is 11.4 Å². The molecule has 3 rings (SSSR count). The number of benzene rings is 1. The molecule has 1 aromatic heterocycles. The highest BCUT2D eigenvalue weighted by molar-refractivity contribution is 6.31. The van der Waals surface area contributed by atoms with Crippen molar-refractivity contribution in [2.45, 2.75) is 12.5 Å². The summed E-state index contributed by atoms with van der Waals surface area (Å²) in [7, 11) is 0. The van der Waals surface area contributed by atoms with Gasteiger partial charge in [-0.1, -0.05) is 23.7 Å². The topological polar surface area (TPSA) is 45.8 Å². The van der Waals surface area contributed by atoms with Crippen molar-refractivity contribution < 1.29 is 9.21 Å². The van der Waals surface area contributed by atoms with Gasteiger partial charge in [0.15, 0.2) is 0 Å². The third-order valence-electron chi connectivity index (χ3n) is 3.31. The lowest BCUT2D eigenvalue weighted by atomic mass is 10.0. The fourth-order valence-corrected chi connectivity index (χ4v) is 2.66. The van der Waals surface area contributed by atoms with Gasteiger partial charge in [-0.15, -0.1) is 11.6 Å². The van der Waals surface area contributed by atoms with Gasteiger partial charge >= 0.3 is 0 Å². The summed E-state index contributed by atoms with van der Waals surface area (Å²) in [5.41, 5.74) is 1.68. The normalized spacial score (nSPS) is 17.9. The molecular formula is C15H12Cl2N2O2. The lowest BCUT2D eigenvalue weighted by Crippen LogP contribution is -2.27.